The van der Waals surface area contributed by atoms with E-state index in [4.69, 9.17) is 47.4 Å². The Balaban J connectivity index is 0.985. The second kappa shape index (κ2) is 35.4. The van der Waals surface area contributed by atoms with Gasteiger partial charge in [-0.25, -0.2) is 0 Å². The van der Waals surface area contributed by atoms with Crippen LogP contribution in [0.3, 0.4) is 0 Å². The van der Waals surface area contributed by atoms with Crippen molar-refractivity contribution in [3.63, 3.8) is 0 Å². The molecule has 1 fully saturated rings. The van der Waals surface area contributed by atoms with Crippen molar-refractivity contribution < 1.29 is 76.1 Å². The Morgan fingerprint density at radius 2 is 1.05 bits per heavy atom. The Kier molecular flexibility index (Phi) is 30.1. The molecule has 0 bridgehead atoms. The van der Waals surface area contributed by atoms with Crippen LogP contribution in [0, 0.1) is 0 Å². The third-order valence-corrected chi connectivity index (χ3v) is 9.89. The molecule has 1 saturated heterocycles. The summed E-state index contributed by atoms with van der Waals surface area (Å²) in [6.45, 7) is 10.6. The summed E-state index contributed by atoms with van der Waals surface area (Å²) in [7, 11) is 0. The van der Waals surface area contributed by atoms with Crippen LogP contribution < -0.4 is 10.6 Å². The Bertz CT molecular complexity index is 1510. The highest BCUT2D eigenvalue weighted by Crippen LogP contribution is 2.32. The smallest absolute Gasteiger partial charge is 0.305 e. The number of amides is 5. The van der Waals surface area contributed by atoms with Crippen molar-refractivity contribution in [2.75, 3.05) is 131 Å². The van der Waals surface area contributed by atoms with Gasteiger partial charge in [-0.05, 0) is 37.8 Å². The van der Waals surface area contributed by atoms with E-state index in [1.54, 1.807) is 12.1 Å². The number of rotatable bonds is 41. The molecule has 64 heavy (non-hydrogen) atoms. The molecule has 1 aromatic carbocycles. The molecule has 0 aromatic heterocycles. The number of anilines is 1. The van der Waals surface area contributed by atoms with Crippen LogP contribution in [-0.4, -0.2) is 172 Å². The molecule has 19 heteroatoms. The van der Waals surface area contributed by atoms with E-state index in [2.05, 4.69) is 17.6 Å². The standard InChI is InChI=1S/C45H71N3O16/c1-2-3-4-5-8-14-41(51)64-35-34-63-33-32-62-31-30-61-29-28-60-27-26-59-25-24-58-23-22-57-21-20-56-19-18-55-17-9-6-7-13-39(49)46-37-12-10-11-36-42(37)45(54)48(44(36)53)38-15-16-40(50)47-43(38)52/h10-12,38H,2-9,13-35H2,1H3,(H,46,49)(H,47,50,52). The van der Waals surface area contributed by atoms with Crippen molar-refractivity contribution in [2.24, 2.45) is 0 Å². The molecule has 19 nitrogen and oxygen atoms in total. The predicted octanol–water partition coefficient (Wildman–Crippen LogP) is 3.64. The lowest BCUT2D eigenvalue weighted by molar-refractivity contribution is -0.145. The zero-order valence-corrected chi connectivity index (χ0v) is 37.7. The Morgan fingerprint density at radius 1 is 0.578 bits per heavy atom. The number of unbranched alkanes of at least 4 members (excludes halogenated alkanes) is 6. The normalized spacial score (nSPS) is 14.9. The number of fused-ring (bicyclic) bond motifs is 1. The lowest BCUT2D eigenvalue weighted by atomic mass is 10.0. The summed E-state index contributed by atoms with van der Waals surface area (Å²) >= 11 is 0. The minimum atomic E-state index is -1.08. The van der Waals surface area contributed by atoms with Crippen LogP contribution in [-0.2, 0) is 66.5 Å². The lowest BCUT2D eigenvalue weighted by Crippen LogP contribution is -2.54. The van der Waals surface area contributed by atoms with Gasteiger partial charge in [0, 0.05) is 25.9 Å². The van der Waals surface area contributed by atoms with Crippen molar-refractivity contribution in [2.45, 2.75) is 90.0 Å². The van der Waals surface area contributed by atoms with E-state index in [-0.39, 0.29) is 54.6 Å². The van der Waals surface area contributed by atoms with Crippen LogP contribution in [0.4, 0.5) is 5.69 Å². The molecule has 362 valence electrons. The van der Waals surface area contributed by atoms with Gasteiger partial charge in [-0.3, -0.25) is 39.0 Å². The molecule has 0 spiro atoms. The Labute approximate surface area is 377 Å². The highest BCUT2D eigenvalue weighted by molar-refractivity contribution is 6.26. The number of imide groups is 2. The molecule has 3 rings (SSSR count). The molecule has 2 N–H and O–H groups in total. The number of carbonyl (C=O) groups excluding carboxylic acids is 6. The summed E-state index contributed by atoms with van der Waals surface area (Å²) in [4.78, 5) is 75.2. The van der Waals surface area contributed by atoms with Gasteiger partial charge in [-0.1, -0.05) is 45.1 Å². The van der Waals surface area contributed by atoms with Crippen LogP contribution in [0.2, 0.25) is 0 Å². The van der Waals surface area contributed by atoms with Gasteiger partial charge in [0.2, 0.25) is 17.7 Å². The van der Waals surface area contributed by atoms with E-state index in [1.807, 2.05) is 0 Å². The topological polar surface area (TPSA) is 222 Å². The van der Waals surface area contributed by atoms with E-state index in [0.29, 0.717) is 132 Å². The maximum Gasteiger partial charge on any atom is 0.305 e. The monoisotopic (exact) mass is 909 g/mol. The molecule has 2 heterocycles. The van der Waals surface area contributed by atoms with Crippen molar-refractivity contribution >= 4 is 41.2 Å². The summed E-state index contributed by atoms with van der Waals surface area (Å²) in [5, 5.41) is 4.91. The first-order valence-corrected chi connectivity index (χ1v) is 22.8. The molecule has 5 amide bonds. The summed E-state index contributed by atoms with van der Waals surface area (Å²) in [5.41, 5.74) is 0.375. The van der Waals surface area contributed by atoms with Gasteiger partial charge in [-0.15, -0.1) is 0 Å². The number of hydrogen-bond acceptors (Lipinski definition) is 16. The van der Waals surface area contributed by atoms with Gasteiger partial charge >= 0.3 is 5.97 Å². The fourth-order valence-electron chi connectivity index (χ4n) is 6.52. The number of nitrogens with one attached hydrogen (secondary N) is 2. The van der Waals surface area contributed by atoms with Gasteiger partial charge in [0.05, 0.1) is 129 Å². The number of ether oxygens (including phenoxy) is 10. The van der Waals surface area contributed by atoms with E-state index in [1.165, 1.54) is 25.3 Å². The van der Waals surface area contributed by atoms with Gasteiger partial charge < -0.3 is 52.7 Å². The van der Waals surface area contributed by atoms with Gasteiger partial charge in [-0.2, -0.15) is 0 Å². The van der Waals surface area contributed by atoms with Crippen molar-refractivity contribution in [3.05, 3.63) is 29.3 Å². The molecule has 2 aliphatic heterocycles. The number of esters is 1. The van der Waals surface area contributed by atoms with Crippen molar-refractivity contribution in [1.29, 1.82) is 0 Å². The van der Waals surface area contributed by atoms with Gasteiger partial charge in [0.25, 0.3) is 11.8 Å². The van der Waals surface area contributed by atoms with E-state index < -0.39 is 29.7 Å². The molecule has 1 unspecified atom stereocenters. The lowest BCUT2D eigenvalue weighted by Gasteiger charge is -2.27. The molecule has 0 saturated carbocycles. The average molecular weight is 910 g/mol. The van der Waals surface area contributed by atoms with Crippen LogP contribution in [0.1, 0.15) is 105 Å². The summed E-state index contributed by atoms with van der Waals surface area (Å²) in [6, 6.07) is 3.52. The number of carbonyl (C=O) groups is 6. The molecule has 2 aliphatic rings. The quantitative estimate of drug-likeness (QED) is 0.0544. The first-order valence-electron chi connectivity index (χ1n) is 22.8. The van der Waals surface area contributed by atoms with Gasteiger partial charge in [0.1, 0.15) is 12.6 Å². The SMILES string of the molecule is CCCCCCCC(=O)OCCOCCOCCOCCOCCOCCOCCOCCOCCOCCCCCC(=O)Nc1cccc2c1C(=O)N(C1CCC(=O)NC1=O)C2=O. The number of piperidine rings is 1. The van der Waals surface area contributed by atoms with Crippen LogP contribution in [0.25, 0.3) is 0 Å². The minimum Gasteiger partial charge on any atom is -0.463 e. The van der Waals surface area contributed by atoms with Crippen LogP contribution >= 0.6 is 0 Å². The first kappa shape index (κ1) is 54.4. The largest absolute Gasteiger partial charge is 0.463 e. The Hall–Kier alpha value is -3.92. The third-order valence-electron chi connectivity index (χ3n) is 9.89. The molecule has 1 atom stereocenters. The van der Waals surface area contributed by atoms with Crippen molar-refractivity contribution in [1.82, 2.24) is 10.2 Å². The van der Waals surface area contributed by atoms with E-state index in [0.717, 1.165) is 30.6 Å². The highest BCUT2D eigenvalue weighted by atomic mass is 16.6. The number of nitrogens with zero attached hydrogens (tertiary/aromatic N) is 1. The summed E-state index contributed by atoms with van der Waals surface area (Å²) in [5.74, 6) is -2.89. The maximum atomic E-state index is 13.2. The number of hydrogen-bond donors (Lipinski definition) is 2. The van der Waals surface area contributed by atoms with E-state index >= 15 is 0 Å². The molecular formula is C45H71N3O16. The predicted molar refractivity (Wildman–Crippen MR) is 232 cm³/mol. The zero-order valence-electron chi connectivity index (χ0n) is 37.7. The molecular weight excluding hydrogens is 838 g/mol. The van der Waals surface area contributed by atoms with Crippen LogP contribution in [0.5, 0.6) is 0 Å². The zero-order chi connectivity index (χ0) is 45.9. The van der Waals surface area contributed by atoms with Crippen LogP contribution in [0.15, 0.2) is 18.2 Å². The highest BCUT2D eigenvalue weighted by Gasteiger charge is 2.45. The van der Waals surface area contributed by atoms with Gasteiger partial charge in [0.15, 0.2) is 0 Å². The van der Waals surface area contributed by atoms with E-state index in [9.17, 15) is 28.8 Å². The number of benzene rings is 1. The minimum absolute atomic E-state index is 0.0259. The Morgan fingerprint density at radius 3 is 1.56 bits per heavy atom. The third kappa shape index (κ3) is 23.3. The molecule has 0 aliphatic carbocycles. The first-order chi connectivity index (χ1) is 31.3. The fourth-order valence-corrected chi connectivity index (χ4v) is 6.52. The summed E-state index contributed by atoms with van der Waals surface area (Å²) < 4.78 is 54.6. The molecule has 0 radical (unpaired) electrons. The van der Waals surface area contributed by atoms with Crippen molar-refractivity contribution in [3.8, 4) is 0 Å². The summed E-state index contributed by atoms with van der Waals surface area (Å²) in [6.07, 6.45) is 8.43. The maximum absolute atomic E-state index is 13.2. The second-order valence-corrected chi connectivity index (χ2v) is 14.9. The fraction of sp³-hybridized carbons (Fsp3) is 0.733. The molecule has 1 aromatic rings. The average Bonchev–Trinajstić information content (AvgIpc) is 3.54. The second-order valence-electron chi connectivity index (χ2n) is 14.9.